The zero-order valence-electron chi connectivity index (χ0n) is 11.0. The summed E-state index contributed by atoms with van der Waals surface area (Å²) in [6.45, 7) is 0. The number of anilines is 1. The van der Waals surface area contributed by atoms with Crippen molar-refractivity contribution in [3.8, 4) is 11.6 Å². The van der Waals surface area contributed by atoms with Gasteiger partial charge in [0.2, 0.25) is 11.8 Å². The summed E-state index contributed by atoms with van der Waals surface area (Å²) in [6, 6.07) is 11.4. The third kappa shape index (κ3) is 4.27. The molecule has 1 aliphatic carbocycles. The van der Waals surface area contributed by atoms with Gasteiger partial charge in [0.05, 0.1) is 0 Å². The van der Waals surface area contributed by atoms with Crippen LogP contribution in [0.3, 0.4) is 0 Å². The summed E-state index contributed by atoms with van der Waals surface area (Å²) < 4.78 is 5.64. The Morgan fingerprint density at radius 1 is 1.24 bits per heavy atom. The normalized spacial score (nSPS) is 13.6. The highest BCUT2D eigenvalue weighted by Crippen LogP contribution is 2.23. The standard InChI is InChI=1S/C14H13ClN4OS/c15-11-8-12(20-10-4-2-1-3-5-10)18-13(17-11)19-14(21)16-9-6-7-9/h1-5,8-9H,6-7H2,(H2,16,17,18,19,21). The van der Waals surface area contributed by atoms with Crippen LogP contribution in [0.5, 0.6) is 11.6 Å². The molecule has 1 aliphatic rings. The number of para-hydroxylation sites is 1. The third-order valence-electron chi connectivity index (χ3n) is 2.77. The maximum Gasteiger partial charge on any atom is 0.233 e. The molecule has 3 rings (SSSR count). The maximum atomic E-state index is 5.98. The van der Waals surface area contributed by atoms with Gasteiger partial charge in [-0.2, -0.15) is 4.98 Å². The fourth-order valence-corrected chi connectivity index (χ4v) is 2.10. The van der Waals surface area contributed by atoms with Crippen molar-refractivity contribution < 1.29 is 4.74 Å². The van der Waals surface area contributed by atoms with Crippen LogP contribution in [-0.4, -0.2) is 21.1 Å². The summed E-state index contributed by atoms with van der Waals surface area (Å²) in [7, 11) is 0. The Kier molecular flexibility index (Phi) is 4.17. The molecule has 108 valence electrons. The van der Waals surface area contributed by atoms with E-state index in [1.54, 1.807) is 6.07 Å². The van der Waals surface area contributed by atoms with Gasteiger partial charge in [0.15, 0.2) is 5.11 Å². The Morgan fingerprint density at radius 2 is 2.00 bits per heavy atom. The minimum Gasteiger partial charge on any atom is -0.439 e. The zero-order chi connectivity index (χ0) is 14.7. The van der Waals surface area contributed by atoms with E-state index in [-0.39, 0.29) is 5.15 Å². The number of nitrogens with zero attached hydrogens (tertiary/aromatic N) is 2. The largest absolute Gasteiger partial charge is 0.439 e. The molecule has 2 aromatic rings. The number of nitrogens with one attached hydrogen (secondary N) is 2. The Morgan fingerprint density at radius 3 is 2.71 bits per heavy atom. The molecule has 0 atom stereocenters. The van der Waals surface area contributed by atoms with Crippen molar-refractivity contribution in [2.45, 2.75) is 18.9 Å². The molecule has 0 bridgehead atoms. The molecule has 0 saturated heterocycles. The summed E-state index contributed by atoms with van der Waals surface area (Å²) in [6.07, 6.45) is 2.28. The van der Waals surface area contributed by atoms with E-state index in [0.29, 0.717) is 28.7 Å². The predicted molar refractivity (Wildman–Crippen MR) is 85.9 cm³/mol. The first-order chi connectivity index (χ1) is 10.2. The highest BCUT2D eigenvalue weighted by Gasteiger charge is 2.22. The molecule has 0 aliphatic heterocycles. The first-order valence-corrected chi connectivity index (χ1v) is 7.33. The number of thiocarbonyl (C=S) groups is 1. The summed E-state index contributed by atoms with van der Waals surface area (Å²) in [5.41, 5.74) is 0. The quantitative estimate of drug-likeness (QED) is 0.665. The molecule has 0 spiro atoms. The van der Waals surface area contributed by atoms with Crippen molar-refractivity contribution in [3.63, 3.8) is 0 Å². The number of rotatable bonds is 4. The molecular formula is C14H13ClN4OS. The Labute approximate surface area is 132 Å². The van der Waals surface area contributed by atoms with Crippen LogP contribution >= 0.6 is 23.8 Å². The maximum absolute atomic E-state index is 5.98. The van der Waals surface area contributed by atoms with Gasteiger partial charge in [-0.3, -0.25) is 0 Å². The summed E-state index contributed by atoms with van der Waals surface area (Å²) in [5, 5.41) is 6.84. The third-order valence-corrected chi connectivity index (χ3v) is 3.19. The van der Waals surface area contributed by atoms with Crippen LogP contribution in [0.1, 0.15) is 12.8 Å². The molecule has 2 N–H and O–H groups in total. The Hall–Kier alpha value is -1.92. The molecule has 5 nitrogen and oxygen atoms in total. The number of benzene rings is 1. The van der Waals surface area contributed by atoms with Crippen molar-refractivity contribution in [1.29, 1.82) is 0 Å². The van der Waals surface area contributed by atoms with Gasteiger partial charge in [-0.05, 0) is 37.2 Å². The van der Waals surface area contributed by atoms with Crippen LogP contribution < -0.4 is 15.4 Å². The van der Waals surface area contributed by atoms with Crippen molar-refractivity contribution >= 4 is 34.9 Å². The van der Waals surface area contributed by atoms with Gasteiger partial charge in [0.25, 0.3) is 0 Å². The second-order valence-electron chi connectivity index (χ2n) is 4.64. The monoisotopic (exact) mass is 320 g/mol. The topological polar surface area (TPSA) is 59.1 Å². The Balaban J connectivity index is 1.71. The van der Waals surface area contributed by atoms with Crippen molar-refractivity contribution in [2.24, 2.45) is 0 Å². The second-order valence-corrected chi connectivity index (χ2v) is 5.44. The van der Waals surface area contributed by atoms with E-state index in [4.69, 9.17) is 28.6 Å². The van der Waals surface area contributed by atoms with Gasteiger partial charge in [-0.1, -0.05) is 29.8 Å². The molecule has 0 amide bonds. The number of hydrogen-bond donors (Lipinski definition) is 2. The highest BCUT2D eigenvalue weighted by molar-refractivity contribution is 7.80. The van der Waals surface area contributed by atoms with Gasteiger partial charge in [0.1, 0.15) is 10.9 Å². The molecule has 1 fully saturated rings. The van der Waals surface area contributed by atoms with E-state index in [9.17, 15) is 0 Å². The first-order valence-electron chi connectivity index (χ1n) is 6.54. The van der Waals surface area contributed by atoms with Crippen molar-refractivity contribution in [2.75, 3.05) is 5.32 Å². The molecule has 0 radical (unpaired) electrons. The minimum absolute atomic E-state index is 0.285. The van der Waals surface area contributed by atoms with E-state index < -0.39 is 0 Å². The van der Waals surface area contributed by atoms with Crippen LogP contribution in [0.25, 0.3) is 0 Å². The number of ether oxygens (including phenoxy) is 1. The Bertz CT molecular complexity index is 649. The number of aromatic nitrogens is 2. The average molecular weight is 321 g/mol. The lowest BCUT2D eigenvalue weighted by Crippen LogP contribution is -2.30. The van der Waals surface area contributed by atoms with Gasteiger partial charge < -0.3 is 15.4 Å². The first kappa shape index (κ1) is 14.0. The van der Waals surface area contributed by atoms with Gasteiger partial charge >= 0.3 is 0 Å². The predicted octanol–water partition coefficient (Wildman–Crippen LogP) is 3.37. The van der Waals surface area contributed by atoms with Crippen LogP contribution in [0.2, 0.25) is 5.15 Å². The molecule has 1 heterocycles. The van der Waals surface area contributed by atoms with Crippen LogP contribution in [-0.2, 0) is 0 Å². The van der Waals surface area contributed by atoms with Crippen LogP contribution in [0.15, 0.2) is 36.4 Å². The fourth-order valence-electron chi connectivity index (χ4n) is 1.67. The van der Waals surface area contributed by atoms with E-state index in [0.717, 1.165) is 12.8 Å². The van der Waals surface area contributed by atoms with E-state index in [1.807, 2.05) is 30.3 Å². The molecule has 1 saturated carbocycles. The van der Waals surface area contributed by atoms with Gasteiger partial charge in [-0.25, -0.2) is 4.98 Å². The van der Waals surface area contributed by atoms with E-state index in [1.165, 1.54) is 0 Å². The average Bonchev–Trinajstić information content (AvgIpc) is 3.22. The SMILES string of the molecule is S=C(Nc1nc(Cl)cc(Oc2ccccc2)n1)NC1CC1. The van der Waals surface area contributed by atoms with Crippen molar-refractivity contribution in [3.05, 3.63) is 41.6 Å². The molecule has 0 unspecified atom stereocenters. The second kappa shape index (κ2) is 6.24. The molecule has 21 heavy (non-hydrogen) atoms. The van der Waals surface area contributed by atoms with Crippen molar-refractivity contribution in [1.82, 2.24) is 15.3 Å². The summed E-state index contributed by atoms with van der Waals surface area (Å²) >= 11 is 11.2. The molecular weight excluding hydrogens is 308 g/mol. The van der Waals surface area contributed by atoms with Crippen LogP contribution in [0, 0.1) is 0 Å². The lowest BCUT2D eigenvalue weighted by atomic mass is 10.3. The lowest BCUT2D eigenvalue weighted by Gasteiger charge is -2.10. The van der Waals surface area contributed by atoms with E-state index in [2.05, 4.69) is 20.6 Å². The van der Waals surface area contributed by atoms with Gasteiger partial charge in [0, 0.05) is 12.1 Å². The number of halogens is 1. The number of hydrogen-bond acceptors (Lipinski definition) is 4. The summed E-state index contributed by atoms with van der Waals surface area (Å²) in [5.74, 6) is 1.35. The van der Waals surface area contributed by atoms with Crippen LogP contribution in [0.4, 0.5) is 5.95 Å². The minimum atomic E-state index is 0.285. The fraction of sp³-hybridized carbons (Fsp3) is 0.214. The van der Waals surface area contributed by atoms with E-state index >= 15 is 0 Å². The molecule has 1 aromatic heterocycles. The lowest BCUT2D eigenvalue weighted by molar-refractivity contribution is 0.462. The highest BCUT2D eigenvalue weighted by atomic mass is 35.5. The summed E-state index contributed by atoms with van der Waals surface area (Å²) in [4.78, 5) is 8.32. The zero-order valence-corrected chi connectivity index (χ0v) is 12.6. The van der Waals surface area contributed by atoms with Gasteiger partial charge in [-0.15, -0.1) is 0 Å². The smallest absolute Gasteiger partial charge is 0.233 e. The molecule has 1 aromatic carbocycles. The molecule has 7 heteroatoms.